The summed E-state index contributed by atoms with van der Waals surface area (Å²) in [7, 11) is 0. The van der Waals surface area contributed by atoms with E-state index in [1.54, 1.807) is 6.07 Å². The molecule has 3 aliphatic rings. The summed E-state index contributed by atoms with van der Waals surface area (Å²) in [5, 5.41) is 4.31. The van der Waals surface area contributed by atoms with E-state index in [1.165, 1.54) is 0 Å². The van der Waals surface area contributed by atoms with Crippen LogP contribution in [-0.2, 0) is 25.6 Å². The van der Waals surface area contributed by atoms with Crippen molar-refractivity contribution in [2.24, 2.45) is 0 Å². The number of nitrogens with zero attached hydrogens (tertiary/aromatic N) is 4. The average molecular weight is 659 g/mol. The predicted octanol–water partition coefficient (Wildman–Crippen LogP) is 6.17. The van der Waals surface area contributed by atoms with Crippen molar-refractivity contribution in [2.45, 2.75) is 12.5 Å². The molecule has 3 aliphatic heterocycles. The van der Waals surface area contributed by atoms with Crippen LogP contribution >= 0.6 is 23.2 Å². The second-order valence-electron chi connectivity index (χ2n) is 11.2. The molecule has 0 spiro atoms. The van der Waals surface area contributed by atoms with Gasteiger partial charge in [0.15, 0.2) is 0 Å². The summed E-state index contributed by atoms with van der Waals surface area (Å²) in [6, 6.07) is 24.8. The number of carbonyl (C=O) groups excluding carboxylic acids is 1. The average Bonchev–Trinajstić information content (AvgIpc) is 3.12. The Balaban J connectivity index is 1.46. The first kappa shape index (κ1) is 30.5. The van der Waals surface area contributed by atoms with Gasteiger partial charge >= 0.3 is 5.97 Å². The summed E-state index contributed by atoms with van der Waals surface area (Å²) in [4.78, 5) is 29.1. The van der Waals surface area contributed by atoms with E-state index in [9.17, 15) is 4.79 Å². The lowest BCUT2D eigenvalue weighted by atomic mass is 9.80. The number of benzene rings is 3. The first-order valence-corrected chi connectivity index (χ1v) is 16.1. The van der Waals surface area contributed by atoms with E-state index in [1.807, 2.05) is 72.8 Å². The number of esters is 1. The van der Waals surface area contributed by atoms with E-state index >= 15 is 0 Å². The fourth-order valence-corrected chi connectivity index (χ4v) is 6.53. The first-order valence-electron chi connectivity index (χ1n) is 15.4. The Kier molecular flexibility index (Phi) is 9.07. The molecule has 0 saturated carbocycles. The van der Waals surface area contributed by atoms with Crippen LogP contribution in [-0.4, -0.2) is 68.5 Å². The number of morpholine rings is 2. The summed E-state index contributed by atoms with van der Waals surface area (Å²) in [6.07, 6.45) is 0. The van der Waals surface area contributed by atoms with Crippen molar-refractivity contribution in [1.29, 1.82) is 0 Å². The Hall–Kier alpha value is -4.15. The Morgan fingerprint density at radius 3 is 2.17 bits per heavy atom. The van der Waals surface area contributed by atoms with Gasteiger partial charge in [-0.15, -0.1) is 0 Å². The molecule has 0 amide bonds. The SMILES string of the molecule is O=C(OCc1ccccc1)C1=C(c2ccccc2)Nc2nc(N3CCOCC3)nc(N3CCOCC3)c2C1c1cccc(Cl)c1Cl. The van der Waals surface area contributed by atoms with Crippen molar-refractivity contribution < 1.29 is 19.0 Å². The first-order chi connectivity index (χ1) is 22.6. The Bertz CT molecular complexity index is 1740. The van der Waals surface area contributed by atoms with Gasteiger partial charge in [-0.25, -0.2) is 4.79 Å². The highest BCUT2D eigenvalue weighted by Crippen LogP contribution is 2.50. The maximum atomic E-state index is 14.5. The standard InChI is InChI=1S/C35H33Cl2N5O4/c36-26-13-7-12-25(30(26)37)27-28(34(43)46-22-23-8-3-1-4-9-23)31(24-10-5-2-6-11-24)38-32-29(27)33(41-14-18-44-19-15-41)40-35(39-32)42-16-20-45-21-17-42/h1-13,27H,14-22H2,(H,38,39,40). The molecular formula is C35H33Cl2N5O4. The van der Waals surface area contributed by atoms with Crippen molar-refractivity contribution in [2.75, 3.05) is 67.7 Å². The van der Waals surface area contributed by atoms with E-state index < -0.39 is 11.9 Å². The zero-order chi connectivity index (χ0) is 31.5. The van der Waals surface area contributed by atoms with Crippen LogP contribution in [0.3, 0.4) is 0 Å². The normalized spacial score (nSPS) is 18.2. The van der Waals surface area contributed by atoms with Crippen LogP contribution < -0.4 is 15.1 Å². The third-order valence-corrected chi connectivity index (χ3v) is 9.23. The number of aromatic nitrogens is 2. The number of anilines is 3. The molecule has 0 radical (unpaired) electrons. The molecule has 11 heteroatoms. The van der Waals surface area contributed by atoms with Crippen LogP contribution in [0.15, 0.2) is 84.4 Å². The van der Waals surface area contributed by atoms with Gasteiger partial charge in [-0.2, -0.15) is 9.97 Å². The highest BCUT2D eigenvalue weighted by molar-refractivity contribution is 6.42. The van der Waals surface area contributed by atoms with E-state index in [-0.39, 0.29) is 6.61 Å². The van der Waals surface area contributed by atoms with Crippen molar-refractivity contribution in [3.8, 4) is 0 Å². The molecule has 1 aromatic heterocycles. The number of carbonyl (C=O) groups is 1. The molecule has 46 heavy (non-hydrogen) atoms. The lowest BCUT2D eigenvalue weighted by Crippen LogP contribution is -2.41. The number of nitrogens with one attached hydrogen (secondary N) is 1. The highest BCUT2D eigenvalue weighted by Gasteiger charge is 2.41. The van der Waals surface area contributed by atoms with Gasteiger partial charge in [-0.05, 0) is 22.8 Å². The summed E-state index contributed by atoms with van der Waals surface area (Å²) in [5.41, 5.74) is 4.07. The lowest BCUT2D eigenvalue weighted by Gasteiger charge is -2.37. The minimum absolute atomic E-state index is 0.108. The Labute approximate surface area is 277 Å². The molecule has 0 aliphatic carbocycles. The van der Waals surface area contributed by atoms with Crippen LogP contribution in [0.25, 0.3) is 5.70 Å². The van der Waals surface area contributed by atoms with Crippen LogP contribution in [0.4, 0.5) is 17.6 Å². The number of rotatable bonds is 7. The number of hydrogen-bond acceptors (Lipinski definition) is 9. The smallest absolute Gasteiger partial charge is 0.337 e. The number of ether oxygens (including phenoxy) is 3. The lowest BCUT2D eigenvalue weighted by molar-refractivity contribution is -0.140. The number of fused-ring (bicyclic) bond motifs is 1. The van der Waals surface area contributed by atoms with Gasteiger partial charge in [0.05, 0.1) is 53.7 Å². The molecule has 0 bridgehead atoms. The van der Waals surface area contributed by atoms with Crippen LogP contribution in [0.5, 0.6) is 0 Å². The van der Waals surface area contributed by atoms with Crippen molar-refractivity contribution in [1.82, 2.24) is 9.97 Å². The zero-order valence-electron chi connectivity index (χ0n) is 25.1. The number of hydrogen-bond donors (Lipinski definition) is 1. The van der Waals surface area contributed by atoms with Gasteiger partial charge in [0.25, 0.3) is 0 Å². The largest absolute Gasteiger partial charge is 0.457 e. The third kappa shape index (κ3) is 6.16. The summed E-state index contributed by atoms with van der Waals surface area (Å²) in [6.45, 7) is 5.00. The molecule has 1 atom stereocenters. The van der Waals surface area contributed by atoms with E-state index in [4.69, 9.17) is 47.4 Å². The minimum atomic E-state index is -0.697. The fraction of sp³-hybridized carbons (Fsp3) is 0.286. The molecule has 2 saturated heterocycles. The topological polar surface area (TPSA) is 89.0 Å². The zero-order valence-corrected chi connectivity index (χ0v) is 26.6. The fourth-order valence-electron chi connectivity index (χ4n) is 6.11. The molecule has 4 aromatic rings. The van der Waals surface area contributed by atoms with Crippen LogP contribution in [0, 0.1) is 0 Å². The monoisotopic (exact) mass is 657 g/mol. The predicted molar refractivity (Wildman–Crippen MR) is 180 cm³/mol. The van der Waals surface area contributed by atoms with Gasteiger partial charge in [0.2, 0.25) is 5.95 Å². The number of halogens is 2. The highest BCUT2D eigenvalue weighted by atomic mass is 35.5. The van der Waals surface area contributed by atoms with E-state index in [2.05, 4.69) is 15.1 Å². The van der Waals surface area contributed by atoms with E-state index in [0.29, 0.717) is 97.1 Å². The third-order valence-electron chi connectivity index (χ3n) is 8.40. The quantitative estimate of drug-likeness (QED) is 0.234. The summed E-state index contributed by atoms with van der Waals surface area (Å²) >= 11 is 13.6. The second-order valence-corrected chi connectivity index (χ2v) is 12.0. The van der Waals surface area contributed by atoms with Gasteiger partial charge < -0.3 is 29.3 Å². The van der Waals surface area contributed by atoms with Crippen molar-refractivity contribution in [3.05, 3.63) is 117 Å². The van der Waals surface area contributed by atoms with Gasteiger partial charge in [0.1, 0.15) is 18.2 Å². The molecular weight excluding hydrogens is 625 g/mol. The molecule has 236 valence electrons. The molecule has 7 rings (SSSR count). The molecule has 3 aromatic carbocycles. The molecule has 1 N–H and O–H groups in total. The van der Waals surface area contributed by atoms with Gasteiger partial charge in [-0.1, -0.05) is 96.0 Å². The Morgan fingerprint density at radius 2 is 1.48 bits per heavy atom. The molecule has 1 unspecified atom stereocenters. The second kappa shape index (κ2) is 13.7. The molecule has 2 fully saturated rings. The molecule has 9 nitrogen and oxygen atoms in total. The maximum Gasteiger partial charge on any atom is 0.337 e. The summed E-state index contributed by atoms with van der Waals surface area (Å²) < 4.78 is 17.4. The summed E-state index contributed by atoms with van der Waals surface area (Å²) in [5.74, 6) is 0.723. The molecule has 4 heterocycles. The van der Waals surface area contributed by atoms with E-state index in [0.717, 1.165) is 16.7 Å². The van der Waals surface area contributed by atoms with Crippen molar-refractivity contribution >= 4 is 52.5 Å². The van der Waals surface area contributed by atoms with Crippen LogP contribution in [0.2, 0.25) is 10.0 Å². The maximum absolute atomic E-state index is 14.5. The van der Waals surface area contributed by atoms with Gasteiger partial charge in [0, 0.05) is 31.7 Å². The minimum Gasteiger partial charge on any atom is -0.457 e. The van der Waals surface area contributed by atoms with Crippen LogP contribution in [0.1, 0.15) is 28.2 Å². The van der Waals surface area contributed by atoms with Crippen molar-refractivity contribution in [3.63, 3.8) is 0 Å². The Morgan fingerprint density at radius 1 is 0.826 bits per heavy atom. The van der Waals surface area contributed by atoms with Gasteiger partial charge in [-0.3, -0.25) is 0 Å².